The van der Waals surface area contributed by atoms with Gasteiger partial charge in [0.15, 0.2) is 0 Å². The Hall–Kier alpha value is -0.770. The van der Waals surface area contributed by atoms with Crippen molar-refractivity contribution in [2.75, 3.05) is 33.4 Å². The van der Waals surface area contributed by atoms with E-state index in [1.165, 1.54) is 19.3 Å². The Morgan fingerprint density at radius 1 is 1.19 bits per heavy atom. The monoisotopic (exact) mass is 228 g/mol. The molecule has 94 valence electrons. The third kappa shape index (κ3) is 5.35. The van der Waals surface area contributed by atoms with Crippen molar-refractivity contribution in [3.63, 3.8) is 0 Å². The first-order valence-corrected chi connectivity index (χ1v) is 6.36. The fraction of sp³-hybridized carbons (Fsp3) is 0.917. The summed E-state index contributed by atoms with van der Waals surface area (Å²) in [6, 6.07) is 0.0954. The number of ether oxygens (including phenoxy) is 1. The molecule has 16 heavy (non-hydrogen) atoms. The van der Waals surface area contributed by atoms with Crippen molar-refractivity contribution in [3.05, 3.63) is 0 Å². The van der Waals surface area contributed by atoms with E-state index in [9.17, 15) is 4.79 Å². The first-order valence-electron chi connectivity index (χ1n) is 6.36. The van der Waals surface area contributed by atoms with Gasteiger partial charge in [0.05, 0.1) is 0 Å². The Balaban J connectivity index is 2.17. The summed E-state index contributed by atoms with van der Waals surface area (Å²) in [6.07, 6.45) is 7.01. The van der Waals surface area contributed by atoms with Gasteiger partial charge in [-0.3, -0.25) is 0 Å². The Morgan fingerprint density at radius 3 is 2.44 bits per heavy atom. The third-order valence-corrected chi connectivity index (χ3v) is 2.94. The van der Waals surface area contributed by atoms with Crippen molar-refractivity contribution in [2.24, 2.45) is 0 Å². The maximum absolute atomic E-state index is 11.8. The fourth-order valence-corrected chi connectivity index (χ4v) is 1.97. The topological polar surface area (TPSA) is 41.6 Å². The predicted octanol–water partition coefficient (Wildman–Crippen LogP) is 2.00. The molecule has 0 aromatic heterocycles. The van der Waals surface area contributed by atoms with Crippen LogP contribution in [-0.4, -0.2) is 44.3 Å². The SMILES string of the molecule is COCCCNC(=O)N1CCCCCCC1. The van der Waals surface area contributed by atoms with E-state index >= 15 is 0 Å². The van der Waals surface area contributed by atoms with Crippen LogP contribution < -0.4 is 5.32 Å². The number of likely N-dealkylation sites (tertiary alicyclic amines) is 1. The molecule has 1 aliphatic heterocycles. The summed E-state index contributed by atoms with van der Waals surface area (Å²) in [6.45, 7) is 3.25. The van der Waals surface area contributed by atoms with Crippen molar-refractivity contribution in [1.29, 1.82) is 0 Å². The minimum atomic E-state index is 0.0954. The molecule has 0 unspecified atom stereocenters. The van der Waals surface area contributed by atoms with E-state index in [1.807, 2.05) is 4.90 Å². The fourth-order valence-electron chi connectivity index (χ4n) is 1.97. The molecule has 0 bridgehead atoms. The molecule has 0 aliphatic carbocycles. The highest BCUT2D eigenvalue weighted by Crippen LogP contribution is 2.10. The summed E-state index contributed by atoms with van der Waals surface area (Å²) in [7, 11) is 1.68. The lowest BCUT2D eigenvalue weighted by molar-refractivity contribution is 0.182. The van der Waals surface area contributed by atoms with Crippen LogP contribution in [0.25, 0.3) is 0 Å². The highest BCUT2D eigenvalue weighted by atomic mass is 16.5. The Labute approximate surface area is 98.3 Å². The average Bonchev–Trinajstić information content (AvgIpc) is 2.23. The second kappa shape index (κ2) is 8.39. The lowest BCUT2D eigenvalue weighted by Gasteiger charge is -2.25. The Bertz CT molecular complexity index is 189. The standard InChI is InChI=1S/C12H24N2O2/c1-16-11-7-8-13-12(15)14-9-5-3-2-4-6-10-14/h2-11H2,1H3,(H,13,15). The van der Waals surface area contributed by atoms with Crippen molar-refractivity contribution in [1.82, 2.24) is 10.2 Å². The summed E-state index contributed by atoms with van der Waals surface area (Å²) >= 11 is 0. The summed E-state index contributed by atoms with van der Waals surface area (Å²) in [4.78, 5) is 13.8. The van der Waals surface area contributed by atoms with Crippen LogP contribution in [0.5, 0.6) is 0 Å². The molecular formula is C12H24N2O2. The van der Waals surface area contributed by atoms with E-state index in [0.29, 0.717) is 13.2 Å². The van der Waals surface area contributed by atoms with Crippen LogP contribution >= 0.6 is 0 Å². The second-order valence-electron chi connectivity index (χ2n) is 4.33. The van der Waals surface area contributed by atoms with Crippen LogP contribution in [0.3, 0.4) is 0 Å². The predicted molar refractivity (Wildman–Crippen MR) is 64.5 cm³/mol. The Morgan fingerprint density at radius 2 is 1.81 bits per heavy atom. The van der Waals surface area contributed by atoms with Crippen molar-refractivity contribution in [3.8, 4) is 0 Å². The van der Waals surface area contributed by atoms with Crippen LogP contribution in [0, 0.1) is 0 Å². The first-order chi connectivity index (χ1) is 7.84. The number of nitrogens with zero attached hydrogens (tertiary/aromatic N) is 1. The largest absolute Gasteiger partial charge is 0.385 e. The maximum Gasteiger partial charge on any atom is 0.317 e. The quantitative estimate of drug-likeness (QED) is 0.748. The average molecular weight is 228 g/mol. The molecule has 0 aromatic carbocycles. The zero-order valence-corrected chi connectivity index (χ0v) is 10.3. The molecule has 0 spiro atoms. The van der Waals surface area contributed by atoms with Gasteiger partial charge in [-0.05, 0) is 19.3 Å². The molecule has 0 saturated carbocycles. The minimum absolute atomic E-state index is 0.0954. The van der Waals surface area contributed by atoms with Crippen LogP contribution in [-0.2, 0) is 4.74 Å². The minimum Gasteiger partial charge on any atom is -0.385 e. The smallest absolute Gasteiger partial charge is 0.317 e. The van der Waals surface area contributed by atoms with E-state index in [0.717, 1.165) is 32.4 Å². The van der Waals surface area contributed by atoms with Gasteiger partial charge in [0.1, 0.15) is 0 Å². The number of amides is 2. The summed E-state index contributed by atoms with van der Waals surface area (Å²) in [5.74, 6) is 0. The lowest BCUT2D eigenvalue weighted by Crippen LogP contribution is -2.42. The van der Waals surface area contributed by atoms with Gasteiger partial charge in [0.2, 0.25) is 0 Å². The number of hydrogen-bond donors (Lipinski definition) is 1. The molecule has 0 radical (unpaired) electrons. The van der Waals surface area contributed by atoms with Crippen LogP contribution in [0.4, 0.5) is 4.79 Å². The van der Waals surface area contributed by atoms with Gasteiger partial charge in [-0.25, -0.2) is 4.79 Å². The van der Waals surface area contributed by atoms with E-state index in [2.05, 4.69) is 5.32 Å². The van der Waals surface area contributed by atoms with Gasteiger partial charge in [-0.2, -0.15) is 0 Å². The number of rotatable bonds is 4. The molecule has 0 atom stereocenters. The van der Waals surface area contributed by atoms with Crippen LogP contribution in [0.2, 0.25) is 0 Å². The Kier molecular flexibility index (Phi) is 6.97. The molecule has 4 nitrogen and oxygen atoms in total. The van der Waals surface area contributed by atoms with Crippen LogP contribution in [0.15, 0.2) is 0 Å². The van der Waals surface area contributed by atoms with Crippen molar-refractivity contribution < 1.29 is 9.53 Å². The molecule has 0 aromatic rings. The van der Waals surface area contributed by atoms with E-state index in [4.69, 9.17) is 4.74 Å². The first kappa shape index (κ1) is 13.3. The highest BCUT2D eigenvalue weighted by Gasteiger charge is 2.13. The normalized spacial score (nSPS) is 17.7. The molecule has 4 heteroatoms. The molecule has 1 fully saturated rings. The van der Waals surface area contributed by atoms with E-state index < -0.39 is 0 Å². The van der Waals surface area contributed by atoms with Gasteiger partial charge in [-0.15, -0.1) is 0 Å². The highest BCUT2D eigenvalue weighted by molar-refractivity contribution is 5.74. The molecule has 1 heterocycles. The summed E-state index contributed by atoms with van der Waals surface area (Å²) in [5, 5.41) is 2.94. The number of methoxy groups -OCH3 is 1. The van der Waals surface area contributed by atoms with Crippen molar-refractivity contribution in [2.45, 2.75) is 38.5 Å². The van der Waals surface area contributed by atoms with Gasteiger partial charge >= 0.3 is 6.03 Å². The van der Waals surface area contributed by atoms with Gasteiger partial charge < -0.3 is 15.0 Å². The van der Waals surface area contributed by atoms with Gasteiger partial charge in [0.25, 0.3) is 0 Å². The van der Waals surface area contributed by atoms with Crippen LogP contribution in [0.1, 0.15) is 38.5 Å². The number of nitrogens with one attached hydrogen (secondary N) is 1. The lowest BCUT2D eigenvalue weighted by atomic mass is 10.1. The number of carbonyl (C=O) groups excluding carboxylic acids is 1. The number of urea groups is 1. The molecule has 2 amide bonds. The number of carbonyl (C=O) groups is 1. The summed E-state index contributed by atoms with van der Waals surface area (Å²) in [5.41, 5.74) is 0. The zero-order chi connectivity index (χ0) is 11.6. The number of hydrogen-bond acceptors (Lipinski definition) is 2. The van der Waals surface area contributed by atoms with Gasteiger partial charge in [-0.1, -0.05) is 19.3 Å². The maximum atomic E-state index is 11.8. The molecule has 1 aliphatic rings. The third-order valence-electron chi connectivity index (χ3n) is 2.94. The van der Waals surface area contributed by atoms with Crippen molar-refractivity contribution >= 4 is 6.03 Å². The van der Waals surface area contributed by atoms with E-state index in [-0.39, 0.29) is 6.03 Å². The molecule has 1 N–H and O–H groups in total. The zero-order valence-electron chi connectivity index (χ0n) is 10.3. The summed E-state index contributed by atoms with van der Waals surface area (Å²) < 4.78 is 4.94. The van der Waals surface area contributed by atoms with Gasteiger partial charge in [0, 0.05) is 33.4 Å². The second-order valence-corrected chi connectivity index (χ2v) is 4.33. The molecular weight excluding hydrogens is 204 g/mol. The van der Waals surface area contributed by atoms with E-state index in [1.54, 1.807) is 7.11 Å². The molecule has 1 saturated heterocycles. The molecule has 1 rings (SSSR count).